The second kappa shape index (κ2) is 11.0. The van der Waals surface area contributed by atoms with E-state index in [0.717, 1.165) is 25.0 Å². The lowest BCUT2D eigenvalue weighted by Crippen LogP contribution is -2.49. The van der Waals surface area contributed by atoms with Crippen LogP contribution in [0.3, 0.4) is 0 Å². The lowest BCUT2D eigenvalue weighted by atomic mass is 9.94. The van der Waals surface area contributed by atoms with Gasteiger partial charge in [0.05, 0.1) is 5.56 Å². The number of nitrogens with one attached hydrogen (secondary N) is 2. The van der Waals surface area contributed by atoms with Crippen molar-refractivity contribution in [2.75, 3.05) is 13.1 Å². The summed E-state index contributed by atoms with van der Waals surface area (Å²) in [6.45, 7) is 4.57. The van der Waals surface area contributed by atoms with E-state index < -0.39 is 23.1 Å². The molecule has 0 aliphatic heterocycles. The monoisotopic (exact) mass is 377 g/mol. The normalized spacial score (nSPS) is 10.8. The van der Waals surface area contributed by atoms with E-state index >= 15 is 0 Å². The average Bonchev–Trinajstić information content (AvgIpc) is 2.56. The molecule has 0 heterocycles. The molecule has 1 rings (SSSR count). The van der Waals surface area contributed by atoms with Gasteiger partial charge in [0.15, 0.2) is 0 Å². The zero-order valence-electron chi connectivity index (χ0n) is 14.5. The number of benzene rings is 1. The van der Waals surface area contributed by atoms with Crippen LogP contribution in [0.15, 0.2) is 18.2 Å². The molecule has 0 unspecified atom stereocenters. The molecule has 4 N–H and O–H groups in total. The lowest BCUT2D eigenvalue weighted by Gasteiger charge is -2.26. The third-order valence-corrected chi connectivity index (χ3v) is 4.09. The number of nitrogens with two attached hydrogens (primary N) is 1. The Kier molecular flexibility index (Phi) is 10.2. The fraction of sp³-hybridized carbons (Fsp3) is 0.529. The third kappa shape index (κ3) is 7.79. The summed E-state index contributed by atoms with van der Waals surface area (Å²) in [6.07, 6.45) is 2.18. The molecule has 0 saturated carbocycles. The molecule has 5 nitrogen and oxygen atoms in total. The number of hydrogen-bond donors (Lipinski definition) is 3. The first-order valence-corrected chi connectivity index (χ1v) is 8.10. The molecule has 0 saturated heterocycles. The Labute approximate surface area is 153 Å². The highest BCUT2D eigenvalue weighted by molar-refractivity contribution is 5.94. The molecule has 1 aromatic carbocycles. The molecule has 0 aliphatic rings. The van der Waals surface area contributed by atoms with Gasteiger partial charge in [-0.2, -0.15) is 0 Å². The van der Waals surface area contributed by atoms with Crippen LogP contribution in [0, 0.1) is 11.6 Å². The zero-order valence-corrected chi connectivity index (χ0v) is 15.3. The van der Waals surface area contributed by atoms with E-state index in [9.17, 15) is 18.4 Å². The minimum atomic E-state index is -0.913. The lowest BCUT2D eigenvalue weighted by molar-refractivity contribution is -0.121. The van der Waals surface area contributed by atoms with Crippen LogP contribution in [0.2, 0.25) is 0 Å². The van der Waals surface area contributed by atoms with Crippen molar-refractivity contribution in [2.45, 2.75) is 45.1 Å². The summed E-state index contributed by atoms with van der Waals surface area (Å²) in [7, 11) is 0. The van der Waals surface area contributed by atoms with Crippen molar-refractivity contribution in [1.82, 2.24) is 10.6 Å². The molecule has 142 valence electrons. The summed E-state index contributed by atoms with van der Waals surface area (Å²) in [5.74, 6) is -2.43. The van der Waals surface area contributed by atoms with Crippen LogP contribution in [-0.4, -0.2) is 30.4 Å². The second-order valence-corrected chi connectivity index (χ2v) is 5.83. The van der Waals surface area contributed by atoms with E-state index in [2.05, 4.69) is 10.6 Å². The molecule has 0 fully saturated rings. The predicted octanol–water partition coefficient (Wildman–Crippen LogP) is 2.53. The van der Waals surface area contributed by atoms with Gasteiger partial charge in [-0.1, -0.05) is 13.8 Å². The van der Waals surface area contributed by atoms with E-state index in [-0.39, 0.29) is 36.8 Å². The van der Waals surface area contributed by atoms with Crippen molar-refractivity contribution in [3.63, 3.8) is 0 Å². The molecule has 0 aliphatic carbocycles. The van der Waals surface area contributed by atoms with Gasteiger partial charge in [-0.15, -0.1) is 12.4 Å². The fourth-order valence-electron chi connectivity index (χ4n) is 2.08. The summed E-state index contributed by atoms with van der Waals surface area (Å²) in [4.78, 5) is 23.5. The molecule has 0 radical (unpaired) electrons. The van der Waals surface area contributed by atoms with Crippen LogP contribution in [0.1, 0.15) is 49.9 Å². The molecule has 0 atom stereocenters. The Balaban J connectivity index is 0.00000576. The van der Waals surface area contributed by atoms with Crippen molar-refractivity contribution in [3.8, 4) is 0 Å². The van der Waals surface area contributed by atoms with Crippen molar-refractivity contribution in [3.05, 3.63) is 35.4 Å². The van der Waals surface area contributed by atoms with Gasteiger partial charge in [-0.05, 0) is 31.4 Å². The van der Waals surface area contributed by atoms with Crippen LogP contribution >= 0.6 is 12.4 Å². The standard InChI is InChI=1S/C17H25F2N3O2.ClH/c1-3-17(20,4-2)11-22-15(23)6-5-9-21-16(24)13-8-7-12(18)10-14(13)19;/h7-8,10H,3-6,9,11,20H2,1-2H3,(H,21,24)(H,22,23);1H. The van der Waals surface area contributed by atoms with Gasteiger partial charge in [-0.25, -0.2) is 8.78 Å². The number of carbonyl (C=O) groups is 2. The van der Waals surface area contributed by atoms with Gasteiger partial charge < -0.3 is 16.4 Å². The molecular formula is C17H26ClF2N3O2. The predicted molar refractivity (Wildman–Crippen MR) is 95.7 cm³/mol. The first kappa shape index (κ1) is 23.3. The molecule has 1 aromatic rings. The van der Waals surface area contributed by atoms with Crippen molar-refractivity contribution in [2.24, 2.45) is 5.73 Å². The van der Waals surface area contributed by atoms with Gasteiger partial charge in [-0.3, -0.25) is 9.59 Å². The van der Waals surface area contributed by atoms with Crippen LogP contribution in [-0.2, 0) is 4.79 Å². The molecule has 8 heteroatoms. The van der Waals surface area contributed by atoms with E-state index in [1.807, 2.05) is 13.8 Å². The van der Waals surface area contributed by atoms with Gasteiger partial charge in [0, 0.05) is 31.1 Å². The first-order valence-electron chi connectivity index (χ1n) is 8.10. The topological polar surface area (TPSA) is 84.2 Å². The maximum Gasteiger partial charge on any atom is 0.254 e. The average molecular weight is 378 g/mol. The SMILES string of the molecule is CCC(N)(CC)CNC(=O)CCCNC(=O)c1ccc(F)cc1F.Cl. The summed E-state index contributed by atoms with van der Waals surface area (Å²) in [6, 6.07) is 2.76. The zero-order chi connectivity index (χ0) is 18.2. The quantitative estimate of drug-likeness (QED) is 0.578. The third-order valence-electron chi connectivity index (χ3n) is 4.09. The van der Waals surface area contributed by atoms with Crippen LogP contribution < -0.4 is 16.4 Å². The van der Waals surface area contributed by atoms with Crippen LogP contribution in [0.5, 0.6) is 0 Å². The molecular weight excluding hydrogens is 352 g/mol. The molecule has 2 amide bonds. The molecule has 25 heavy (non-hydrogen) atoms. The maximum atomic E-state index is 13.4. The summed E-state index contributed by atoms with van der Waals surface area (Å²) < 4.78 is 26.2. The first-order chi connectivity index (χ1) is 11.3. The molecule has 0 spiro atoms. The molecule has 0 bridgehead atoms. The van der Waals surface area contributed by atoms with E-state index in [1.165, 1.54) is 0 Å². The van der Waals surface area contributed by atoms with Crippen molar-refractivity contribution < 1.29 is 18.4 Å². The Morgan fingerprint density at radius 1 is 1.16 bits per heavy atom. The van der Waals surface area contributed by atoms with Gasteiger partial charge >= 0.3 is 0 Å². The Bertz CT molecular complexity index is 581. The fourth-order valence-corrected chi connectivity index (χ4v) is 2.08. The largest absolute Gasteiger partial charge is 0.354 e. The second-order valence-electron chi connectivity index (χ2n) is 5.83. The summed E-state index contributed by atoms with van der Waals surface area (Å²) >= 11 is 0. The Morgan fingerprint density at radius 2 is 1.80 bits per heavy atom. The van der Waals surface area contributed by atoms with Gasteiger partial charge in [0.2, 0.25) is 5.91 Å². The smallest absolute Gasteiger partial charge is 0.254 e. The highest BCUT2D eigenvalue weighted by atomic mass is 35.5. The number of carbonyl (C=O) groups excluding carboxylic acids is 2. The number of hydrogen-bond acceptors (Lipinski definition) is 3. The summed E-state index contributed by atoms with van der Waals surface area (Å²) in [5, 5.41) is 5.29. The van der Waals surface area contributed by atoms with E-state index in [0.29, 0.717) is 19.0 Å². The Morgan fingerprint density at radius 3 is 2.36 bits per heavy atom. The minimum absolute atomic E-state index is 0. The van der Waals surface area contributed by atoms with Gasteiger partial charge in [0.1, 0.15) is 11.6 Å². The van der Waals surface area contributed by atoms with Crippen molar-refractivity contribution >= 4 is 24.2 Å². The van der Waals surface area contributed by atoms with E-state index in [4.69, 9.17) is 5.73 Å². The maximum absolute atomic E-state index is 13.4. The van der Waals surface area contributed by atoms with Crippen LogP contribution in [0.25, 0.3) is 0 Å². The number of rotatable bonds is 9. The minimum Gasteiger partial charge on any atom is -0.354 e. The van der Waals surface area contributed by atoms with Crippen LogP contribution in [0.4, 0.5) is 8.78 Å². The molecule has 0 aromatic heterocycles. The van der Waals surface area contributed by atoms with Crippen molar-refractivity contribution in [1.29, 1.82) is 0 Å². The highest BCUT2D eigenvalue weighted by Crippen LogP contribution is 2.10. The number of halogens is 3. The Hall–Kier alpha value is -1.73. The highest BCUT2D eigenvalue weighted by Gasteiger charge is 2.20. The van der Waals surface area contributed by atoms with E-state index in [1.54, 1.807) is 0 Å². The number of amides is 2. The van der Waals surface area contributed by atoms with Gasteiger partial charge in [0.25, 0.3) is 5.91 Å². The summed E-state index contributed by atoms with van der Waals surface area (Å²) in [5.41, 5.74) is 5.47.